The smallest absolute Gasteiger partial charge is 0.204 e. The quantitative estimate of drug-likeness (QED) is 0.566. The van der Waals surface area contributed by atoms with Gasteiger partial charge in [0.1, 0.15) is 6.61 Å². The zero-order valence-corrected chi connectivity index (χ0v) is 17.1. The zero-order chi connectivity index (χ0) is 19.9. The van der Waals surface area contributed by atoms with Gasteiger partial charge in [-0.15, -0.1) is 0 Å². The minimum absolute atomic E-state index is 0.381. The number of methoxy groups -OCH3 is 1. The molecule has 0 radical (unpaired) electrons. The highest BCUT2D eigenvalue weighted by Crippen LogP contribution is 2.45. The average Bonchev–Trinajstić information content (AvgIpc) is 2.70. The number of unbranched alkanes of at least 4 members (excludes halogenated alkanes) is 2. The van der Waals surface area contributed by atoms with Crippen LogP contribution in [-0.2, 0) is 0 Å². The summed E-state index contributed by atoms with van der Waals surface area (Å²) in [7, 11) is 1.61. The molecule has 6 nitrogen and oxygen atoms in total. The summed E-state index contributed by atoms with van der Waals surface area (Å²) >= 11 is 12.5. The summed E-state index contributed by atoms with van der Waals surface area (Å²) in [6.45, 7) is 1.63. The number of benzene rings is 1. The fourth-order valence-corrected chi connectivity index (χ4v) is 3.36. The van der Waals surface area contributed by atoms with E-state index in [1.807, 2.05) is 18.2 Å². The Kier molecular flexibility index (Phi) is 7.25. The van der Waals surface area contributed by atoms with Gasteiger partial charge in [0.25, 0.3) is 0 Å². The van der Waals surface area contributed by atoms with Crippen molar-refractivity contribution in [3.05, 3.63) is 46.2 Å². The van der Waals surface area contributed by atoms with Crippen LogP contribution < -0.4 is 25.3 Å². The molecule has 0 aliphatic carbocycles. The molecular weight excluding hydrogens is 401 g/mol. The third-order valence-corrected chi connectivity index (χ3v) is 4.88. The van der Waals surface area contributed by atoms with Gasteiger partial charge in [-0.25, -0.2) is 0 Å². The first-order chi connectivity index (χ1) is 13.7. The van der Waals surface area contributed by atoms with Gasteiger partial charge in [-0.05, 0) is 44.0 Å². The van der Waals surface area contributed by atoms with Crippen LogP contribution in [0.2, 0.25) is 10.0 Å². The Morgan fingerprint density at radius 2 is 1.96 bits per heavy atom. The second-order valence-corrected chi connectivity index (χ2v) is 7.02. The maximum atomic E-state index is 6.24. The molecule has 1 aliphatic heterocycles. The maximum Gasteiger partial charge on any atom is 0.204 e. The lowest BCUT2D eigenvalue weighted by atomic mass is 10.1. The lowest BCUT2D eigenvalue weighted by Crippen LogP contribution is -2.13. The Bertz CT molecular complexity index is 839. The molecule has 1 aromatic heterocycles. The molecular formula is C20H23Cl2N3O3. The molecule has 1 aromatic carbocycles. The topological polar surface area (TPSA) is 78.6 Å². The number of rotatable bonds is 9. The second kappa shape index (κ2) is 9.87. The summed E-state index contributed by atoms with van der Waals surface area (Å²) in [5.74, 6) is 1.84. The number of hydrogen-bond acceptors (Lipinski definition) is 6. The van der Waals surface area contributed by atoms with Gasteiger partial charge in [0.2, 0.25) is 5.75 Å². The van der Waals surface area contributed by atoms with Crippen LogP contribution >= 0.6 is 23.2 Å². The highest BCUT2D eigenvalue weighted by atomic mass is 35.5. The minimum Gasteiger partial charge on any atom is -0.493 e. The molecule has 0 fully saturated rings. The van der Waals surface area contributed by atoms with Crippen LogP contribution in [0, 0.1) is 0 Å². The monoisotopic (exact) mass is 423 g/mol. The molecule has 0 amide bonds. The summed E-state index contributed by atoms with van der Waals surface area (Å²) < 4.78 is 17.4. The van der Waals surface area contributed by atoms with E-state index in [9.17, 15) is 0 Å². The first-order valence-electron chi connectivity index (χ1n) is 9.09. The van der Waals surface area contributed by atoms with E-state index in [-0.39, 0.29) is 0 Å². The number of halogens is 2. The van der Waals surface area contributed by atoms with Gasteiger partial charge in [-0.1, -0.05) is 23.2 Å². The molecule has 0 saturated carbocycles. The Morgan fingerprint density at radius 3 is 2.68 bits per heavy atom. The van der Waals surface area contributed by atoms with E-state index in [4.69, 9.17) is 43.1 Å². The summed E-state index contributed by atoms with van der Waals surface area (Å²) in [4.78, 5) is 3.98. The van der Waals surface area contributed by atoms with Crippen molar-refractivity contribution < 1.29 is 14.2 Å². The van der Waals surface area contributed by atoms with Crippen molar-refractivity contribution >= 4 is 34.6 Å². The molecule has 0 saturated heterocycles. The summed E-state index contributed by atoms with van der Waals surface area (Å²) in [5.41, 5.74) is 7.80. The van der Waals surface area contributed by atoms with Gasteiger partial charge in [-0.3, -0.25) is 4.98 Å². The molecule has 28 heavy (non-hydrogen) atoms. The Labute approximate surface area is 174 Å². The third-order valence-electron chi connectivity index (χ3n) is 4.31. The van der Waals surface area contributed by atoms with E-state index >= 15 is 0 Å². The van der Waals surface area contributed by atoms with Crippen molar-refractivity contribution in [1.82, 2.24) is 4.98 Å². The molecule has 0 spiro atoms. The summed E-state index contributed by atoms with van der Waals surface area (Å²) in [6, 6.07) is 3.77. The number of anilines is 1. The SMILES string of the molecule is COc1ccc2c(c1OCCCCCN)OCC=C2Nc1c(Cl)cncc1Cl. The number of nitrogens with zero attached hydrogens (tertiary/aromatic N) is 1. The van der Waals surface area contributed by atoms with E-state index in [0.29, 0.717) is 52.7 Å². The van der Waals surface area contributed by atoms with E-state index in [1.165, 1.54) is 0 Å². The van der Waals surface area contributed by atoms with Crippen molar-refractivity contribution in [2.24, 2.45) is 5.73 Å². The normalized spacial score (nSPS) is 12.6. The number of ether oxygens (including phenoxy) is 3. The van der Waals surface area contributed by atoms with Crippen molar-refractivity contribution in [3.8, 4) is 17.2 Å². The molecule has 1 aliphatic rings. The van der Waals surface area contributed by atoms with Gasteiger partial charge < -0.3 is 25.3 Å². The fraction of sp³-hybridized carbons (Fsp3) is 0.350. The highest BCUT2D eigenvalue weighted by Gasteiger charge is 2.23. The van der Waals surface area contributed by atoms with Crippen LogP contribution in [-0.4, -0.2) is 31.9 Å². The predicted octanol–water partition coefficient (Wildman–Crippen LogP) is 4.75. The Balaban J connectivity index is 1.86. The molecule has 0 unspecified atom stereocenters. The Hall–Kier alpha value is -2.15. The van der Waals surface area contributed by atoms with Crippen LogP contribution in [0.15, 0.2) is 30.6 Å². The summed E-state index contributed by atoms with van der Waals surface area (Å²) in [6.07, 6.45) is 7.91. The Morgan fingerprint density at radius 1 is 1.18 bits per heavy atom. The average molecular weight is 424 g/mol. The molecule has 2 aromatic rings. The van der Waals surface area contributed by atoms with Crippen LogP contribution in [0.5, 0.6) is 17.2 Å². The molecule has 150 valence electrons. The molecule has 2 heterocycles. The molecule has 0 bridgehead atoms. The van der Waals surface area contributed by atoms with Gasteiger partial charge >= 0.3 is 0 Å². The van der Waals surface area contributed by atoms with Crippen LogP contribution in [0.4, 0.5) is 5.69 Å². The fourth-order valence-electron chi connectivity index (χ4n) is 2.90. The van der Waals surface area contributed by atoms with Crippen LogP contribution in [0.1, 0.15) is 24.8 Å². The van der Waals surface area contributed by atoms with Crippen LogP contribution in [0.3, 0.4) is 0 Å². The molecule has 3 N–H and O–H groups in total. The standard InChI is InChI=1S/C20H23Cl2N3O3/c1-26-17-6-5-13-16(25-18-14(21)11-24-12-15(18)22)7-10-28-19(13)20(17)27-9-4-2-3-8-23/h5-7,11-12H,2-4,8-10,23H2,1H3,(H,24,25). The predicted molar refractivity (Wildman–Crippen MR) is 113 cm³/mol. The number of nitrogens with one attached hydrogen (secondary N) is 1. The first kappa shape index (κ1) is 20.6. The second-order valence-electron chi connectivity index (χ2n) is 6.20. The van der Waals surface area contributed by atoms with Gasteiger partial charge in [0, 0.05) is 23.7 Å². The number of hydrogen-bond donors (Lipinski definition) is 2. The van der Waals surface area contributed by atoms with E-state index in [1.54, 1.807) is 19.5 Å². The van der Waals surface area contributed by atoms with Crippen molar-refractivity contribution in [2.75, 3.05) is 32.2 Å². The highest BCUT2D eigenvalue weighted by molar-refractivity contribution is 6.39. The summed E-state index contributed by atoms with van der Waals surface area (Å²) in [5, 5.41) is 4.16. The molecule has 3 rings (SSSR count). The van der Waals surface area contributed by atoms with Gasteiger partial charge in [0.15, 0.2) is 11.5 Å². The van der Waals surface area contributed by atoms with Crippen molar-refractivity contribution in [2.45, 2.75) is 19.3 Å². The zero-order valence-electron chi connectivity index (χ0n) is 15.6. The number of nitrogens with two attached hydrogens (primary N) is 1. The maximum absolute atomic E-state index is 6.24. The molecule has 0 atom stereocenters. The van der Waals surface area contributed by atoms with Crippen LogP contribution in [0.25, 0.3) is 5.70 Å². The third kappa shape index (κ3) is 4.63. The van der Waals surface area contributed by atoms with Gasteiger partial charge in [0.05, 0.1) is 29.4 Å². The van der Waals surface area contributed by atoms with E-state index in [0.717, 1.165) is 30.5 Å². The van der Waals surface area contributed by atoms with Gasteiger partial charge in [-0.2, -0.15) is 0 Å². The minimum atomic E-state index is 0.381. The largest absolute Gasteiger partial charge is 0.493 e. The molecule has 8 heteroatoms. The lowest BCUT2D eigenvalue weighted by Gasteiger charge is -2.24. The van der Waals surface area contributed by atoms with E-state index in [2.05, 4.69) is 10.3 Å². The van der Waals surface area contributed by atoms with Crippen molar-refractivity contribution in [1.29, 1.82) is 0 Å². The number of pyridine rings is 1. The number of aromatic nitrogens is 1. The first-order valence-corrected chi connectivity index (χ1v) is 9.84. The van der Waals surface area contributed by atoms with Crippen molar-refractivity contribution in [3.63, 3.8) is 0 Å². The lowest BCUT2D eigenvalue weighted by molar-refractivity contribution is 0.259. The van der Waals surface area contributed by atoms with E-state index < -0.39 is 0 Å². The number of fused-ring (bicyclic) bond motifs is 1.